The van der Waals surface area contributed by atoms with Crippen LogP contribution in [0.1, 0.15) is 41.2 Å². The summed E-state index contributed by atoms with van der Waals surface area (Å²) in [5, 5.41) is 0. The Morgan fingerprint density at radius 1 is 0.964 bits per heavy atom. The average molecular weight is 386 g/mol. The molecule has 150 valence electrons. The molecule has 2 heterocycles. The first-order chi connectivity index (χ1) is 13.6. The van der Waals surface area contributed by atoms with Crippen molar-refractivity contribution in [1.29, 1.82) is 0 Å². The number of ether oxygens (including phenoxy) is 2. The normalized spacial score (nSPS) is 14.1. The van der Waals surface area contributed by atoms with E-state index < -0.39 is 0 Å². The highest BCUT2D eigenvalue weighted by atomic mass is 16.5. The summed E-state index contributed by atoms with van der Waals surface area (Å²) in [7, 11) is 0. The molecule has 1 aliphatic heterocycles. The van der Waals surface area contributed by atoms with Crippen LogP contribution in [0.25, 0.3) is 0 Å². The molecule has 0 atom stereocenters. The lowest BCUT2D eigenvalue weighted by Gasteiger charge is -2.34. The molecule has 0 unspecified atom stereocenters. The second kappa shape index (κ2) is 9.30. The lowest BCUT2D eigenvalue weighted by molar-refractivity contribution is 0.0518. The van der Waals surface area contributed by atoms with E-state index in [0.717, 1.165) is 6.42 Å². The van der Waals surface area contributed by atoms with Gasteiger partial charge in [0.05, 0.1) is 19.5 Å². The molecule has 1 aromatic carbocycles. The number of rotatable bonds is 7. The van der Waals surface area contributed by atoms with Crippen LogP contribution in [0.3, 0.4) is 0 Å². The van der Waals surface area contributed by atoms with Crippen LogP contribution in [0.5, 0.6) is 11.5 Å². The molecule has 0 aliphatic carbocycles. The lowest BCUT2D eigenvalue weighted by Crippen LogP contribution is -2.50. The summed E-state index contributed by atoms with van der Waals surface area (Å²) in [6.07, 6.45) is 2.38. The van der Waals surface area contributed by atoms with E-state index in [0.29, 0.717) is 62.2 Å². The number of hydrogen-bond donors (Lipinski definition) is 0. The van der Waals surface area contributed by atoms with Gasteiger partial charge in [-0.25, -0.2) is 0 Å². The van der Waals surface area contributed by atoms with Gasteiger partial charge in [0, 0.05) is 31.7 Å². The van der Waals surface area contributed by atoms with Gasteiger partial charge in [-0.15, -0.1) is 0 Å². The van der Waals surface area contributed by atoms with Crippen molar-refractivity contribution in [2.75, 3.05) is 39.4 Å². The van der Waals surface area contributed by atoms with Gasteiger partial charge in [0.15, 0.2) is 17.3 Å². The number of benzene rings is 1. The summed E-state index contributed by atoms with van der Waals surface area (Å²) in [5.74, 6) is 1.33. The third kappa shape index (κ3) is 4.47. The van der Waals surface area contributed by atoms with E-state index in [1.165, 1.54) is 6.26 Å². The third-order valence-corrected chi connectivity index (χ3v) is 4.54. The second-order valence-electron chi connectivity index (χ2n) is 6.50. The number of amides is 2. The van der Waals surface area contributed by atoms with Gasteiger partial charge in [0.2, 0.25) is 0 Å². The Bertz CT molecular complexity index is 795. The molecule has 1 aliphatic rings. The Hall–Kier alpha value is -2.96. The number of nitrogens with zero attached hydrogens (tertiary/aromatic N) is 2. The summed E-state index contributed by atoms with van der Waals surface area (Å²) in [4.78, 5) is 28.7. The van der Waals surface area contributed by atoms with Crippen LogP contribution >= 0.6 is 0 Å². The van der Waals surface area contributed by atoms with Crippen molar-refractivity contribution in [3.63, 3.8) is 0 Å². The molecule has 28 heavy (non-hydrogen) atoms. The third-order valence-electron chi connectivity index (χ3n) is 4.54. The van der Waals surface area contributed by atoms with Crippen molar-refractivity contribution in [2.45, 2.75) is 20.3 Å². The first kappa shape index (κ1) is 19.8. The van der Waals surface area contributed by atoms with E-state index in [2.05, 4.69) is 0 Å². The highest BCUT2D eigenvalue weighted by molar-refractivity contribution is 5.95. The molecule has 0 spiro atoms. The molecule has 2 amide bonds. The zero-order valence-electron chi connectivity index (χ0n) is 16.3. The molecule has 0 bridgehead atoms. The molecule has 7 heteroatoms. The molecule has 1 saturated heterocycles. The Kier molecular flexibility index (Phi) is 6.57. The van der Waals surface area contributed by atoms with Crippen LogP contribution in [-0.2, 0) is 0 Å². The zero-order valence-corrected chi connectivity index (χ0v) is 16.3. The molecule has 1 aromatic heterocycles. The van der Waals surface area contributed by atoms with Crippen molar-refractivity contribution in [2.24, 2.45) is 0 Å². The smallest absolute Gasteiger partial charge is 0.289 e. The Morgan fingerprint density at radius 2 is 1.68 bits per heavy atom. The number of carbonyl (C=O) groups excluding carboxylic acids is 2. The minimum absolute atomic E-state index is 0.0758. The van der Waals surface area contributed by atoms with E-state index >= 15 is 0 Å². The van der Waals surface area contributed by atoms with Crippen molar-refractivity contribution in [1.82, 2.24) is 9.80 Å². The van der Waals surface area contributed by atoms with Crippen molar-refractivity contribution in [3.8, 4) is 11.5 Å². The summed E-state index contributed by atoms with van der Waals surface area (Å²) in [5.41, 5.74) is 0.554. The minimum Gasteiger partial charge on any atom is -0.490 e. The van der Waals surface area contributed by atoms with Gasteiger partial charge >= 0.3 is 0 Å². The minimum atomic E-state index is -0.145. The number of piperazine rings is 1. The number of hydrogen-bond acceptors (Lipinski definition) is 5. The van der Waals surface area contributed by atoms with Crippen LogP contribution in [0.2, 0.25) is 0 Å². The Balaban J connectivity index is 1.64. The van der Waals surface area contributed by atoms with Gasteiger partial charge in [-0.2, -0.15) is 0 Å². The maximum Gasteiger partial charge on any atom is 0.289 e. The van der Waals surface area contributed by atoms with Crippen molar-refractivity contribution in [3.05, 3.63) is 47.9 Å². The van der Waals surface area contributed by atoms with Gasteiger partial charge < -0.3 is 23.7 Å². The molecule has 0 N–H and O–H groups in total. The fourth-order valence-electron chi connectivity index (χ4n) is 3.09. The molecular formula is C21H26N2O5. The van der Waals surface area contributed by atoms with E-state index in [4.69, 9.17) is 13.9 Å². The van der Waals surface area contributed by atoms with Crippen molar-refractivity contribution >= 4 is 11.8 Å². The predicted octanol–water partition coefficient (Wildman–Crippen LogP) is 3.07. The zero-order chi connectivity index (χ0) is 19.9. The van der Waals surface area contributed by atoms with E-state index in [1.807, 2.05) is 13.8 Å². The first-order valence-electron chi connectivity index (χ1n) is 9.65. The highest BCUT2D eigenvalue weighted by Gasteiger charge is 2.27. The van der Waals surface area contributed by atoms with Gasteiger partial charge in [0.1, 0.15) is 0 Å². The summed E-state index contributed by atoms with van der Waals surface area (Å²) >= 11 is 0. The molecule has 7 nitrogen and oxygen atoms in total. The topological polar surface area (TPSA) is 72.2 Å². The largest absolute Gasteiger partial charge is 0.490 e. The fourth-order valence-corrected chi connectivity index (χ4v) is 3.09. The standard InChI is InChI=1S/C21H26N2O5/c1-3-13-27-17-8-7-16(15-19(17)26-4-2)20(24)22-9-11-23(12-10-22)21(25)18-6-5-14-28-18/h5-8,14-15H,3-4,9-13H2,1-2H3. The molecule has 0 radical (unpaired) electrons. The van der Waals surface area contributed by atoms with E-state index in [9.17, 15) is 9.59 Å². The van der Waals surface area contributed by atoms with Gasteiger partial charge in [-0.1, -0.05) is 6.92 Å². The maximum atomic E-state index is 12.9. The van der Waals surface area contributed by atoms with Crippen LogP contribution in [0.15, 0.2) is 41.0 Å². The van der Waals surface area contributed by atoms with Crippen LogP contribution < -0.4 is 9.47 Å². The maximum absolute atomic E-state index is 12.9. The first-order valence-corrected chi connectivity index (χ1v) is 9.65. The van der Waals surface area contributed by atoms with Gasteiger partial charge in [0.25, 0.3) is 11.8 Å². The Morgan fingerprint density at radius 3 is 2.29 bits per heavy atom. The lowest BCUT2D eigenvalue weighted by atomic mass is 10.1. The Labute approximate surface area is 164 Å². The summed E-state index contributed by atoms with van der Waals surface area (Å²) in [6.45, 7) is 6.92. The quantitative estimate of drug-likeness (QED) is 0.731. The van der Waals surface area contributed by atoms with Crippen LogP contribution in [-0.4, -0.2) is 61.0 Å². The van der Waals surface area contributed by atoms with Gasteiger partial charge in [-0.05, 0) is 43.7 Å². The monoisotopic (exact) mass is 386 g/mol. The second-order valence-corrected chi connectivity index (χ2v) is 6.50. The molecular weight excluding hydrogens is 360 g/mol. The highest BCUT2D eigenvalue weighted by Crippen LogP contribution is 2.29. The molecule has 3 rings (SSSR count). The van der Waals surface area contributed by atoms with Gasteiger partial charge in [-0.3, -0.25) is 9.59 Å². The predicted molar refractivity (Wildman–Crippen MR) is 104 cm³/mol. The molecule has 2 aromatic rings. The van der Waals surface area contributed by atoms with E-state index in [1.54, 1.807) is 40.1 Å². The van der Waals surface area contributed by atoms with Crippen LogP contribution in [0.4, 0.5) is 0 Å². The number of carbonyl (C=O) groups is 2. The SMILES string of the molecule is CCCOc1ccc(C(=O)N2CCN(C(=O)c3ccco3)CC2)cc1OCC. The van der Waals surface area contributed by atoms with E-state index in [-0.39, 0.29) is 11.8 Å². The fraction of sp³-hybridized carbons (Fsp3) is 0.429. The molecule has 1 fully saturated rings. The summed E-state index contributed by atoms with van der Waals surface area (Å²) in [6, 6.07) is 8.62. The molecule has 0 saturated carbocycles. The average Bonchev–Trinajstić information content (AvgIpc) is 3.27. The van der Waals surface area contributed by atoms with Crippen molar-refractivity contribution < 1.29 is 23.5 Å². The number of furan rings is 1. The summed E-state index contributed by atoms with van der Waals surface area (Å²) < 4.78 is 16.5. The van der Waals surface area contributed by atoms with Crippen LogP contribution in [0, 0.1) is 0 Å².